The van der Waals surface area contributed by atoms with E-state index in [1.165, 1.54) is 0 Å². The minimum Gasteiger partial charge on any atom is -0.364 e. The smallest absolute Gasteiger partial charge is 0.124 e. The Balaban J connectivity index is 2.41. The van der Waals surface area contributed by atoms with E-state index >= 15 is 0 Å². The maximum Gasteiger partial charge on any atom is 0.124 e. The standard InChI is InChI=1S/C8H14N2O/c1-3-10(4-2)7-8-5-6-11-9-8/h5-6H,3-4,7H2,1-2H3. The van der Waals surface area contributed by atoms with Crippen LogP contribution in [0.5, 0.6) is 0 Å². The maximum absolute atomic E-state index is 4.73. The van der Waals surface area contributed by atoms with Crippen molar-refractivity contribution < 1.29 is 4.52 Å². The van der Waals surface area contributed by atoms with E-state index in [9.17, 15) is 0 Å². The summed E-state index contributed by atoms with van der Waals surface area (Å²) in [4.78, 5) is 2.29. The van der Waals surface area contributed by atoms with Gasteiger partial charge in [0.2, 0.25) is 0 Å². The summed E-state index contributed by atoms with van der Waals surface area (Å²) in [5.41, 5.74) is 1.01. The molecule has 0 unspecified atom stereocenters. The van der Waals surface area contributed by atoms with E-state index in [2.05, 4.69) is 23.9 Å². The van der Waals surface area contributed by atoms with Crippen molar-refractivity contribution in [2.45, 2.75) is 20.4 Å². The Hall–Kier alpha value is -0.830. The van der Waals surface area contributed by atoms with Crippen molar-refractivity contribution in [3.63, 3.8) is 0 Å². The molecule has 3 nitrogen and oxygen atoms in total. The Morgan fingerprint density at radius 3 is 2.64 bits per heavy atom. The van der Waals surface area contributed by atoms with Crippen LogP contribution in [0.2, 0.25) is 0 Å². The van der Waals surface area contributed by atoms with Gasteiger partial charge in [0, 0.05) is 12.6 Å². The molecule has 1 aromatic rings. The molecule has 11 heavy (non-hydrogen) atoms. The highest BCUT2D eigenvalue weighted by molar-refractivity contribution is 4.94. The fourth-order valence-electron chi connectivity index (χ4n) is 0.995. The first-order valence-corrected chi connectivity index (χ1v) is 3.98. The van der Waals surface area contributed by atoms with Crippen molar-refractivity contribution in [2.75, 3.05) is 13.1 Å². The average molecular weight is 154 g/mol. The highest BCUT2D eigenvalue weighted by atomic mass is 16.5. The zero-order valence-electron chi connectivity index (χ0n) is 7.08. The van der Waals surface area contributed by atoms with Crippen LogP contribution in [0.3, 0.4) is 0 Å². The lowest BCUT2D eigenvalue weighted by Gasteiger charge is -2.15. The molecule has 1 heterocycles. The van der Waals surface area contributed by atoms with Crippen molar-refractivity contribution in [2.24, 2.45) is 0 Å². The number of hydrogen-bond donors (Lipinski definition) is 0. The van der Waals surface area contributed by atoms with Gasteiger partial charge in [-0.05, 0) is 13.1 Å². The van der Waals surface area contributed by atoms with E-state index in [1.807, 2.05) is 6.07 Å². The van der Waals surface area contributed by atoms with Gasteiger partial charge in [0.15, 0.2) is 0 Å². The van der Waals surface area contributed by atoms with Crippen molar-refractivity contribution >= 4 is 0 Å². The van der Waals surface area contributed by atoms with E-state index in [0.717, 1.165) is 25.3 Å². The van der Waals surface area contributed by atoms with Gasteiger partial charge in [-0.1, -0.05) is 19.0 Å². The summed E-state index contributed by atoms with van der Waals surface area (Å²) in [6.07, 6.45) is 1.61. The normalized spacial score (nSPS) is 10.8. The van der Waals surface area contributed by atoms with Gasteiger partial charge in [-0.2, -0.15) is 0 Å². The zero-order valence-corrected chi connectivity index (χ0v) is 7.08. The first-order chi connectivity index (χ1) is 5.36. The highest BCUT2D eigenvalue weighted by Gasteiger charge is 2.01. The molecule has 0 atom stereocenters. The largest absolute Gasteiger partial charge is 0.364 e. The molecule has 0 saturated heterocycles. The lowest BCUT2D eigenvalue weighted by molar-refractivity contribution is 0.283. The molecule has 0 amide bonds. The SMILES string of the molecule is CCN(CC)Cc1ccon1. The Morgan fingerprint density at radius 2 is 2.18 bits per heavy atom. The van der Waals surface area contributed by atoms with Crippen LogP contribution in [0.4, 0.5) is 0 Å². The second kappa shape index (κ2) is 4.13. The summed E-state index contributed by atoms with van der Waals surface area (Å²) in [6, 6.07) is 1.90. The second-order valence-corrected chi connectivity index (χ2v) is 2.45. The van der Waals surface area contributed by atoms with Crippen LogP contribution >= 0.6 is 0 Å². The lowest BCUT2D eigenvalue weighted by atomic mass is 10.4. The number of nitrogens with zero attached hydrogens (tertiary/aromatic N) is 2. The number of hydrogen-bond acceptors (Lipinski definition) is 3. The first-order valence-electron chi connectivity index (χ1n) is 3.98. The van der Waals surface area contributed by atoms with Gasteiger partial charge in [0.25, 0.3) is 0 Å². The summed E-state index contributed by atoms with van der Waals surface area (Å²) >= 11 is 0. The molecule has 0 aliphatic rings. The molecular formula is C8H14N2O. The van der Waals surface area contributed by atoms with Crippen LogP contribution in [0.1, 0.15) is 19.5 Å². The first kappa shape index (κ1) is 8.27. The molecule has 0 aliphatic carbocycles. The summed E-state index contributed by atoms with van der Waals surface area (Å²) in [7, 11) is 0. The lowest BCUT2D eigenvalue weighted by Crippen LogP contribution is -2.22. The molecule has 0 spiro atoms. The highest BCUT2D eigenvalue weighted by Crippen LogP contribution is 1.99. The molecule has 62 valence electrons. The molecule has 3 heteroatoms. The minimum absolute atomic E-state index is 0.892. The Bertz CT molecular complexity index is 180. The van der Waals surface area contributed by atoms with Gasteiger partial charge in [0.05, 0.1) is 5.69 Å². The third-order valence-corrected chi connectivity index (χ3v) is 1.77. The van der Waals surface area contributed by atoms with Gasteiger partial charge in [-0.25, -0.2) is 0 Å². The van der Waals surface area contributed by atoms with E-state index in [-0.39, 0.29) is 0 Å². The fraction of sp³-hybridized carbons (Fsp3) is 0.625. The predicted molar refractivity (Wildman–Crippen MR) is 43.1 cm³/mol. The molecule has 1 rings (SSSR count). The van der Waals surface area contributed by atoms with Gasteiger partial charge < -0.3 is 4.52 Å². The van der Waals surface area contributed by atoms with Gasteiger partial charge in [0.1, 0.15) is 6.26 Å². The summed E-state index contributed by atoms with van der Waals surface area (Å²) in [6.45, 7) is 7.30. The van der Waals surface area contributed by atoms with E-state index in [4.69, 9.17) is 4.52 Å². The molecule has 0 aromatic carbocycles. The average Bonchev–Trinajstić information content (AvgIpc) is 2.52. The van der Waals surface area contributed by atoms with E-state index in [0.29, 0.717) is 0 Å². The van der Waals surface area contributed by atoms with Crippen LogP contribution in [0.25, 0.3) is 0 Å². The molecule has 0 radical (unpaired) electrons. The topological polar surface area (TPSA) is 29.3 Å². The Labute approximate surface area is 67.0 Å². The molecule has 0 N–H and O–H groups in total. The van der Waals surface area contributed by atoms with Crippen molar-refractivity contribution in [3.8, 4) is 0 Å². The van der Waals surface area contributed by atoms with E-state index in [1.54, 1.807) is 6.26 Å². The molecular weight excluding hydrogens is 140 g/mol. The third-order valence-electron chi connectivity index (χ3n) is 1.77. The Kier molecular flexibility index (Phi) is 3.11. The van der Waals surface area contributed by atoms with Crippen LogP contribution in [0, 0.1) is 0 Å². The van der Waals surface area contributed by atoms with E-state index < -0.39 is 0 Å². The summed E-state index contributed by atoms with van der Waals surface area (Å²) < 4.78 is 4.73. The Morgan fingerprint density at radius 1 is 1.45 bits per heavy atom. The fourth-order valence-corrected chi connectivity index (χ4v) is 0.995. The van der Waals surface area contributed by atoms with Gasteiger partial charge >= 0.3 is 0 Å². The van der Waals surface area contributed by atoms with Gasteiger partial charge in [-0.15, -0.1) is 0 Å². The zero-order chi connectivity index (χ0) is 8.10. The molecule has 0 bridgehead atoms. The van der Waals surface area contributed by atoms with Crippen molar-refractivity contribution in [1.29, 1.82) is 0 Å². The summed E-state index contributed by atoms with van der Waals surface area (Å²) in [5.74, 6) is 0. The van der Waals surface area contributed by atoms with Gasteiger partial charge in [-0.3, -0.25) is 4.90 Å². The minimum atomic E-state index is 0.892. The third kappa shape index (κ3) is 2.35. The van der Waals surface area contributed by atoms with Crippen LogP contribution in [0.15, 0.2) is 16.9 Å². The summed E-state index contributed by atoms with van der Waals surface area (Å²) in [5, 5.41) is 3.84. The quantitative estimate of drug-likeness (QED) is 0.658. The maximum atomic E-state index is 4.73. The predicted octanol–water partition coefficient (Wildman–Crippen LogP) is 1.52. The number of aromatic nitrogens is 1. The molecule has 0 aliphatic heterocycles. The molecule has 0 saturated carbocycles. The number of rotatable bonds is 4. The molecule has 1 aromatic heterocycles. The van der Waals surface area contributed by atoms with Crippen LogP contribution in [-0.4, -0.2) is 23.1 Å². The van der Waals surface area contributed by atoms with Crippen LogP contribution < -0.4 is 0 Å². The van der Waals surface area contributed by atoms with Crippen molar-refractivity contribution in [3.05, 3.63) is 18.0 Å². The molecule has 0 fully saturated rings. The second-order valence-electron chi connectivity index (χ2n) is 2.45. The van der Waals surface area contributed by atoms with Crippen molar-refractivity contribution in [1.82, 2.24) is 10.1 Å². The monoisotopic (exact) mass is 154 g/mol. The van der Waals surface area contributed by atoms with Crippen LogP contribution in [-0.2, 0) is 6.54 Å².